The molecule has 1 aromatic carbocycles. The van der Waals surface area contributed by atoms with Gasteiger partial charge in [0, 0.05) is 0 Å². The summed E-state index contributed by atoms with van der Waals surface area (Å²) in [5, 5.41) is 4.70. The Bertz CT molecular complexity index is 417. The van der Waals surface area contributed by atoms with Gasteiger partial charge in [-0.2, -0.15) is 0 Å². The zero-order valence-corrected chi connectivity index (χ0v) is 10.7. The molecule has 1 unspecified atom stereocenters. The van der Waals surface area contributed by atoms with Crippen LogP contribution in [0.5, 0.6) is 0 Å². The molecule has 0 amide bonds. The lowest BCUT2D eigenvalue weighted by Gasteiger charge is -2.09. The Morgan fingerprint density at radius 3 is 2.94 bits per heavy atom. The van der Waals surface area contributed by atoms with Gasteiger partial charge in [0.25, 0.3) is 0 Å². The molecule has 0 aliphatic heterocycles. The third-order valence-corrected chi connectivity index (χ3v) is 3.88. The van der Waals surface area contributed by atoms with Crippen molar-refractivity contribution in [3.8, 4) is 0 Å². The molecule has 0 bridgehead atoms. The number of rotatable bonds is 5. The molecule has 0 radical (unpaired) electrons. The van der Waals surface area contributed by atoms with Crippen LogP contribution >= 0.6 is 11.3 Å². The third kappa shape index (κ3) is 2.60. The lowest BCUT2D eigenvalue weighted by atomic mass is 10.3. The molecule has 2 aromatic rings. The SMILES string of the molecule is CCCCNC(C)c1nc2ccccc2s1. The minimum absolute atomic E-state index is 0.365. The van der Waals surface area contributed by atoms with Crippen molar-refractivity contribution in [1.29, 1.82) is 0 Å². The topological polar surface area (TPSA) is 24.9 Å². The maximum Gasteiger partial charge on any atom is 0.111 e. The predicted octanol–water partition coefficient (Wildman–Crippen LogP) is 3.75. The second-order valence-corrected chi connectivity index (χ2v) is 5.11. The van der Waals surface area contributed by atoms with Gasteiger partial charge in [-0.15, -0.1) is 11.3 Å². The molecule has 2 nitrogen and oxygen atoms in total. The normalized spacial score (nSPS) is 13.1. The lowest BCUT2D eigenvalue weighted by molar-refractivity contribution is 0.553. The number of para-hydroxylation sites is 1. The smallest absolute Gasteiger partial charge is 0.111 e. The highest BCUT2D eigenvalue weighted by atomic mass is 32.1. The number of fused-ring (bicyclic) bond motifs is 1. The first-order valence-electron chi connectivity index (χ1n) is 5.90. The first-order chi connectivity index (χ1) is 7.81. The number of thiazole rings is 1. The summed E-state index contributed by atoms with van der Waals surface area (Å²) in [5.74, 6) is 0. The number of aromatic nitrogens is 1. The Balaban J connectivity index is 2.07. The molecule has 0 saturated heterocycles. The number of benzene rings is 1. The fraction of sp³-hybridized carbons (Fsp3) is 0.462. The molecule has 3 heteroatoms. The molecule has 2 rings (SSSR count). The maximum absolute atomic E-state index is 4.65. The Morgan fingerprint density at radius 1 is 1.38 bits per heavy atom. The van der Waals surface area contributed by atoms with Gasteiger partial charge in [0.05, 0.1) is 16.3 Å². The molecule has 0 spiro atoms. The van der Waals surface area contributed by atoms with E-state index in [1.54, 1.807) is 11.3 Å². The predicted molar refractivity (Wildman–Crippen MR) is 70.9 cm³/mol. The molecule has 1 atom stereocenters. The molecule has 0 fully saturated rings. The summed E-state index contributed by atoms with van der Waals surface area (Å²) in [6, 6.07) is 8.69. The van der Waals surface area contributed by atoms with Crippen LogP contribution in [0.1, 0.15) is 37.7 Å². The van der Waals surface area contributed by atoms with E-state index >= 15 is 0 Å². The van der Waals surface area contributed by atoms with E-state index in [0.29, 0.717) is 6.04 Å². The molecule has 86 valence electrons. The summed E-state index contributed by atoms with van der Waals surface area (Å²) >= 11 is 1.79. The van der Waals surface area contributed by atoms with Gasteiger partial charge in [0.1, 0.15) is 5.01 Å². The monoisotopic (exact) mass is 234 g/mol. The van der Waals surface area contributed by atoms with E-state index in [0.717, 1.165) is 12.1 Å². The number of nitrogens with one attached hydrogen (secondary N) is 1. The standard InChI is InChI=1S/C13H18N2S/c1-3-4-9-14-10(2)13-15-11-7-5-6-8-12(11)16-13/h5-8,10,14H,3-4,9H2,1-2H3. The van der Waals surface area contributed by atoms with Crippen LogP contribution in [0.15, 0.2) is 24.3 Å². The van der Waals surface area contributed by atoms with Crippen molar-refractivity contribution in [2.75, 3.05) is 6.54 Å². The van der Waals surface area contributed by atoms with Crippen LogP contribution in [0.3, 0.4) is 0 Å². The summed E-state index contributed by atoms with van der Waals surface area (Å²) in [7, 11) is 0. The van der Waals surface area contributed by atoms with Gasteiger partial charge in [-0.3, -0.25) is 0 Å². The van der Waals surface area contributed by atoms with Gasteiger partial charge >= 0.3 is 0 Å². The summed E-state index contributed by atoms with van der Waals surface area (Å²) in [6.07, 6.45) is 2.47. The molecule has 0 aliphatic rings. The van der Waals surface area contributed by atoms with Crippen LogP contribution in [0, 0.1) is 0 Å². The summed E-state index contributed by atoms with van der Waals surface area (Å²) < 4.78 is 1.28. The summed E-state index contributed by atoms with van der Waals surface area (Å²) in [4.78, 5) is 4.65. The van der Waals surface area contributed by atoms with Crippen molar-refractivity contribution in [3.05, 3.63) is 29.3 Å². The highest BCUT2D eigenvalue weighted by Crippen LogP contribution is 2.25. The van der Waals surface area contributed by atoms with Crippen LogP contribution in [0.25, 0.3) is 10.2 Å². The number of hydrogen-bond donors (Lipinski definition) is 1. The summed E-state index contributed by atoms with van der Waals surface area (Å²) in [5.41, 5.74) is 1.12. The van der Waals surface area contributed by atoms with E-state index in [4.69, 9.17) is 0 Å². The zero-order chi connectivity index (χ0) is 11.4. The first-order valence-corrected chi connectivity index (χ1v) is 6.71. The van der Waals surface area contributed by atoms with E-state index in [1.165, 1.54) is 22.5 Å². The molecule has 1 N–H and O–H groups in total. The molecule has 0 aliphatic carbocycles. The third-order valence-electron chi connectivity index (χ3n) is 2.66. The average Bonchev–Trinajstić information content (AvgIpc) is 2.73. The van der Waals surface area contributed by atoms with Crippen molar-refractivity contribution >= 4 is 21.6 Å². The van der Waals surface area contributed by atoms with Crippen molar-refractivity contribution in [2.24, 2.45) is 0 Å². The molecular weight excluding hydrogens is 216 g/mol. The minimum Gasteiger partial charge on any atom is -0.308 e. The van der Waals surface area contributed by atoms with E-state index in [1.807, 2.05) is 6.07 Å². The van der Waals surface area contributed by atoms with Gasteiger partial charge in [0.2, 0.25) is 0 Å². The van der Waals surface area contributed by atoms with Gasteiger partial charge in [-0.05, 0) is 32.0 Å². The van der Waals surface area contributed by atoms with Crippen LogP contribution in [0.4, 0.5) is 0 Å². The van der Waals surface area contributed by atoms with Crippen LogP contribution < -0.4 is 5.32 Å². The Hall–Kier alpha value is -0.930. The highest BCUT2D eigenvalue weighted by molar-refractivity contribution is 7.18. The minimum atomic E-state index is 0.365. The maximum atomic E-state index is 4.65. The van der Waals surface area contributed by atoms with Crippen LogP contribution in [0.2, 0.25) is 0 Å². The molecule has 1 aromatic heterocycles. The van der Waals surface area contributed by atoms with E-state index in [2.05, 4.69) is 42.3 Å². The largest absolute Gasteiger partial charge is 0.308 e. The summed E-state index contributed by atoms with van der Waals surface area (Å²) in [6.45, 7) is 5.48. The van der Waals surface area contributed by atoms with E-state index in [9.17, 15) is 0 Å². The molecule has 1 heterocycles. The van der Waals surface area contributed by atoms with Gasteiger partial charge in [-0.25, -0.2) is 4.98 Å². The Labute approximate surface area is 101 Å². The van der Waals surface area contributed by atoms with E-state index in [-0.39, 0.29) is 0 Å². The van der Waals surface area contributed by atoms with Gasteiger partial charge < -0.3 is 5.32 Å². The van der Waals surface area contributed by atoms with Crippen molar-refractivity contribution in [3.63, 3.8) is 0 Å². The quantitative estimate of drug-likeness (QED) is 0.797. The first kappa shape index (κ1) is 11.6. The van der Waals surface area contributed by atoms with Crippen LogP contribution in [-0.4, -0.2) is 11.5 Å². The molecule has 0 saturated carbocycles. The number of unbranched alkanes of at least 4 members (excludes halogenated alkanes) is 1. The second-order valence-electron chi connectivity index (χ2n) is 4.05. The highest BCUT2D eigenvalue weighted by Gasteiger charge is 2.09. The fourth-order valence-electron chi connectivity index (χ4n) is 1.66. The number of nitrogens with zero attached hydrogens (tertiary/aromatic N) is 1. The Kier molecular flexibility index (Phi) is 3.91. The second kappa shape index (κ2) is 5.41. The van der Waals surface area contributed by atoms with Gasteiger partial charge in [0.15, 0.2) is 0 Å². The zero-order valence-electron chi connectivity index (χ0n) is 9.86. The Morgan fingerprint density at radius 2 is 2.19 bits per heavy atom. The fourth-order valence-corrected chi connectivity index (χ4v) is 2.65. The van der Waals surface area contributed by atoms with Crippen molar-refractivity contribution < 1.29 is 0 Å². The molecular formula is C13H18N2S. The lowest BCUT2D eigenvalue weighted by Crippen LogP contribution is -2.19. The van der Waals surface area contributed by atoms with Crippen molar-refractivity contribution in [1.82, 2.24) is 10.3 Å². The van der Waals surface area contributed by atoms with Crippen LogP contribution in [-0.2, 0) is 0 Å². The van der Waals surface area contributed by atoms with E-state index < -0.39 is 0 Å². The number of hydrogen-bond acceptors (Lipinski definition) is 3. The van der Waals surface area contributed by atoms with Gasteiger partial charge in [-0.1, -0.05) is 25.5 Å². The average molecular weight is 234 g/mol. The van der Waals surface area contributed by atoms with Crippen molar-refractivity contribution in [2.45, 2.75) is 32.7 Å². The molecule has 16 heavy (non-hydrogen) atoms.